The zero-order valence-corrected chi connectivity index (χ0v) is 11.2. The molecule has 0 aromatic carbocycles. The van der Waals surface area contributed by atoms with Gasteiger partial charge in [0.25, 0.3) is 5.91 Å². The highest BCUT2D eigenvalue weighted by molar-refractivity contribution is 5.92. The number of rotatable bonds is 2. The second kappa shape index (κ2) is 5.19. The molecule has 1 aromatic heterocycles. The van der Waals surface area contributed by atoms with Crippen LogP contribution in [0.4, 0.5) is 5.69 Å². The molecule has 102 valence electrons. The van der Waals surface area contributed by atoms with Gasteiger partial charge in [-0.15, -0.1) is 0 Å². The van der Waals surface area contributed by atoms with Gasteiger partial charge in [0.1, 0.15) is 5.69 Å². The number of likely N-dealkylation sites (tertiary alicyclic amines) is 1. The molecule has 1 aliphatic carbocycles. The summed E-state index contributed by atoms with van der Waals surface area (Å²) in [5.74, 6) is 0.787. The Bertz CT molecular complexity index is 451. The molecule has 1 amide bonds. The third-order valence-corrected chi connectivity index (χ3v) is 4.51. The number of anilines is 1. The molecule has 1 atom stereocenters. The summed E-state index contributed by atoms with van der Waals surface area (Å²) >= 11 is 0. The van der Waals surface area contributed by atoms with Gasteiger partial charge in [-0.1, -0.05) is 12.8 Å². The minimum atomic E-state index is 0.0781. The molecule has 0 radical (unpaired) electrons. The Hall–Kier alpha value is -1.58. The molecule has 19 heavy (non-hydrogen) atoms. The number of nitrogens with zero attached hydrogens (tertiary/aromatic N) is 2. The van der Waals surface area contributed by atoms with Gasteiger partial charge in [-0.3, -0.25) is 4.79 Å². The highest BCUT2D eigenvalue weighted by atomic mass is 16.2. The van der Waals surface area contributed by atoms with Gasteiger partial charge in [-0.05, 0) is 43.7 Å². The molecule has 1 aromatic rings. The van der Waals surface area contributed by atoms with Crippen LogP contribution in [0.25, 0.3) is 0 Å². The summed E-state index contributed by atoms with van der Waals surface area (Å²) in [4.78, 5) is 18.8. The smallest absolute Gasteiger partial charge is 0.272 e. The fourth-order valence-corrected chi connectivity index (χ4v) is 3.56. The third kappa shape index (κ3) is 2.44. The number of carbonyl (C=O) groups excluding carboxylic acids is 1. The first-order chi connectivity index (χ1) is 9.25. The minimum Gasteiger partial charge on any atom is -0.397 e. The van der Waals surface area contributed by atoms with Crippen molar-refractivity contribution in [3.63, 3.8) is 0 Å². The number of amides is 1. The maximum Gasteiger partial charge on any atom is 0.272 e. The van der Waals surface area contributed by atoms with E-state index in [2.05, 4.69) is 9.88 Å². The van der Waals surface area contributed by atoms with Crippen molar-refractivity contribution in [3.05, 3.63) is 24.0 Å². The average molecular weight is 259 g/mol. The van der Waals surface area contributed by atoms with Crippen molar-refractivity contribution in [2.75, 3.05) is 12.3 Å². The normalized spacial score (nSPS) is 24.0. The lowest BCUT2D eigenvalue weighted by Crippen LogP contribution is -2.39. The van der Waals surface area contributed by atoms with Crippen molar-refractivity contribution >= 4 is 11.6 Å². The molecule has 4 nitrogen and oxygen atoms in total. The maximum atomic E-state index is 12.5. The van der Waals surface area contributed by atoms with Crippen LogP contribution in [-0.4, -0.2) is 28.4 Å². The lowest BCUT2D eigenvalue weighted by atomic mass is 9.96. The SMILES string of the molecule is Nc1ccc(C(=O)N2CCCC2C2CCCC2)nc1. The first-order valence-electron chi connectivity index (χ1n) is 7.28. The first kappa shape index (κ1) is 12.5. The number of nitrogen functional groups attached to an aromatic ring is 1. The number of nitrogens with two attached hydrogens (primary N) is 1. The molecule has 1 unspecified atom stereocenters. The highest BCUT2D eigenvalue weighted by Gasteiger charge is 2.36. The van der Waals surface area contributed by atoms with E-state index in [-0.39, 0.29) is 5.91 Å². The summed E-state index contributed by atoms with van der Waals surface area (Å²) in [5.41, 5.74) is 6.75. The fourth-order valence-electron chi connectivity index (χ4n) is 3.56. The standard InChI is InChI=1S/C15H21N3O/c16-12-7-8-13(17-10-12)15(19)18-9-3-6-14(18)11-4-1-2-5-11/h7-8,10-11,14H,1-6,9,16H2. The quantitative estimate of drug-likeness (QED) is 0.887. The molecular weight excluding hydrogens is 238 g/mol. The Morgan fingerprint density at radius 1 is 1.21 bits per heavy atom. The lowest BCUT2D eigenvalue weighted by Gasteiger charge is -2.29. The molecule has 2 heterocycles. The lowest BCUT2D eigenvalue weighted by molar-refractivity contribution is 0.0683. The van der Waals surface area contributed by atoms with Gasteiger partial charge in [-0.25, -0.2) is 4.98 Å². The summed E-state index contributed by atoms with van der Waals surface area (Å²) in [6.07, 6.45) is 9.06. The van der Waals surface area contributed by atoms with Gasteiger partial charge in [-0.2, -0.15) is 0 Å². The van der Waals surface area contributed by atoms with Crippen LogP contribution in [0.1, 0.15) is 49.0 Å². The first-order valence-corrected chi connectivity index (χ1v) is 7.28. The zero-order valence-electron chi connectivity index (χ0n) is 11.2. The number of pyridine rings is 1. The monoisotopic (exact) mass is 259 g/mol. The Morgan fingerprint density at radius 3 is 2.68 bits per heavy atom. The van der Waals surface area contributed by atoms with E-state index in [9.17, 15) is 4.79 Å². The third-order valence-electron chi connectivity index (χ3n) is 4.51. The van der Waals surface area contributed by atoms with E-state index in [1.165, 1.54) is 25.7 Å². The van der Waals surface area contributed by atoms with E-state index in [0.717, 1.165) is 19.4 Å². The summed E-state index contributed by atoms with van der Waals surface area (Å²) in [7, 11) is 0. The number of carbonyl (C=O) groups is 1. The van der Waals surface area contributed by atoms with Crippen molar-refractivity contribution in [2.24, 2.45) is 5.92 Å². The zero-order chi connectivity index (χ0) is 13.2. The van der Waals surface area contributed by atoms with Crippen molar-refractivity contribution in [2.45, 2.75) is 44.6 Å². The molecule has 3 rings (SSSR count). The highest BCUT2D eigenvalue weighted by Crippen LogP contribution is 2.35. The maximum absolute atomic E-state index is 12.5. The summed E-state index contributed by atoms with van der Waals surface area (Å²) < 4.78 is 0. The van der Waals surface area contributed by atoms with Gasteiger partial charge in [0.2, 0.25) is 0 Å². The Kier molecular flexibility index (Phi) is 3.40. The molecule has 4 heteroatoms. The van der Waals surface area contributed by atoms with Crippen LogP contribution in [0, 0.1) is 5.92 Å². The van der Waals surface area contributed by atoms with Gasteiger partial charge in [0.15, 0.2) is 0 Å². The van der Waals surface area contributed by atoms with Crippen molar-refractivity contribution in [3.8, 4) is 0 Å². The van der Waals surface area contributed by atoms with Crippen LogP contribution in [0.2, 0.25) is 0 Å². The van der Waals surface area contributed by atoms with Crippen molar-refractivity contribution in [1.82, 2.24) is 9.88 Å². The van der Waals surface area contributed by atoms with Crippen LogP contribution >= 0.6 is 0 Å². The molecule has 1 saturated carbocycles. The van der Waals surface area contributed by atoms with Gasteiger partial charge >= 0.3 is 0 Å². The Balaban J connectivity index is 1.76. The second-order valence-corrected chi connectivity index (χ2v) is 5.73. The van der Waals surface area contributed by atoms with E-state index in [1.54, 1.807) is 18.3 Å². The average Bonchev–Trinajstić information content (AvgIpc) is 3.09. The topological polar surface area (TPSA) is 59.2 Å². The van der Waals surface area contributed by atoms with Crippen molar-refractivity contribution in [1.29, 1.82) is 0 Å². The van der Waals surface area contributed by atoms with Gasteiger partial charge < -0.3 is 10.6 Å². The minimum absolute atomic E-state index is 0.0781. The molecule has 0 spiro atoms. The number of hydrogen-bond acceptors (Lipinski definition) is 3. The van der Waals surface area contributed by atoms with E-state index in [4.69, 9.17) is 5.73 Å². The van der Waals surface area contributed by atoms with E-state index >= 15 is 0 Å². The van der Waals surface area contributed by atoms with Crippen LogP contribution in [0.5, 0.6) is 0 Å². The molecule has 2 fully saturated rings. The Morgan fingerprint density at radius 2 is 2.00 bits per heavy atom. The Labute approximate surface area is 114 Å². The molecule has 2 N–H and O–H groups in total. The molecule has 1 aliphatic heterocycles. The van der Waals surface area contributed by atoms with Gasteiger partial charge in [0, 0.05) is 12.6 Å². The predicted molar refractivity (Wildman–Crippen MR) is 74.7 cm³/mol. The number of hydrogen-bond donors (Lipinski definition) is 1. The largest absolute Gasteiger partial charge is 0.397 e. The summed E-state index contributed by atoms with van der Waals surface area (Å²) in [5, 5.41) is 0. The van der Waals surface area contributed by atoms with Gasteiger partial charge in [0.05, 0.1) is 11.9 Å². The summed E-state index contributed by atoms with van der Waals surface area (Å²) in [6.45, 7) is 0.881. The van der Waals surface area contributed by atoms with E-state index in [1.807, 2.05) is 0 Å². The van der Waals surface area contributed by atoms with Crippen LogP contribution < -0.4 is 5.73 Å². The van der Waals surface area contributed by atoms with Crippen LogP contribution in [0.15, 0.2) is 18.3 Å². The molecule has 2 aliphatic rings. The van der Waals surface area contributed by atoms with Crippen LogP contribution in [-0.2, 0) is 0 Å². The fraction of sp³-hybridized carbons (Fsp3) is 0.600. The van der Waals surface area contributed by atoms with E-state index < -0.39 is 0 Å². The molecule has 1 saturated heterocycles. The molecular formula is C15H21N3O. The second-order valence-electron chi connectivity index (χ2n) is 5.73. The van der Waals surface area contributed by atoms with Crippen LogP contribution in [0.3, 0.4) is 0 Å². The molecule has 0 bridgehead atoms. The van der Waals surface area contributed by atoms with Crippen molar-refractivity contribution < 1.29 is 4.79 Å². The predicted octanol–water partition coefficient (Wildman–Crippen LogP) is 2.46. The summed E-state index contributed by atoms with van der Waals surface area (Å²) in [6, 6.07) is 3.93. The van der Waals surface area contributed by atoms with E-state index in [0.29, 0.717) is 23.3 Å². The number of aromatic nitrogens is 1.